The molecule has 14 aliphatic rings. The Morgan fingerprint density at radius 3 is 0.468 bits per heavy atom. The Kier molecular flexibility index (Phi) is 17.9. The van der Waals surface area contributed by atoms with Crippen LogP contribution in [0.15, 0.2) is 0 Å². The summed E-state index contributed by atoms with van der Waals surface area (Å²) >= 11 is 0. The Hall–Kier alpha value is -0.160. The van der Waals surface area contributed by atoms with Gasteiger partial charge in [0.05, 0.1) is 0 Å². The normalized spacial score (nSPS) is 42.5. The van der Waals surface area contributed by atoms with E-state index in [9.17, 15) is 0 Å². The van der Waals surface area contributed by atoms with Crippen molar-refractivity contribution in [3.63, 3.8) is 0 Å². The summed E-state index contributed by atoms with van der Waals surface area (Å²) in [6.45, 7) is 0. The molecular formula is C73H124N4. The largest absolute Gasteiger partial charge is 0.294 e. The minimum Gasteiger partial charge on any atom is -0.294 e. The molecule has 4 heteroatoms. The molecule has 0 aromatic carbocycles. The van der Waals surface area contributed by atoms with E-state index in [0.29, 0.717) is 5.41 Å². The van der Waals surface area contributed by atoms with Crippen LogP contribution in [-0.2, 0) is 0 Å². The van der Waals surface area contributed by atoms with Gasteiger partial charge in [-0.25, -0.2) is 0 Å². The standard InChI is InChI=1S/C73H124N4/c1-9-25-53(26-10-1)74(54-27-11-2-12-28-54)61-41-45-65-66-46-42-62(75(55-29-13-3-14-30-55)56-31-15-4-16-32-56)50-70(66)73(69(65)49-61)71-51-63(76(57-33-17-5-18-34-57)58-35-19-6-20-36-58)43-47-67(71)68-48-44-64(52-72(68)73)77(59-37-21-7-22-38-59)60-39-23-8-24-40-60/h53-72H,1-52H2. The van der Waals surface area contributed by atoms with Gasteiger partial charge in [0.1, 0.15) is 0 Å². The third-order valence-corrected chi connectivity index (χ3v) is 28.8. The first kappa shape index (κ1) is 54.8. The predicted molar refractivity (Wildman–Crippen MR) is 323 cm³/mol. The van der Waals surface area contributed by atoms with E-state index in [4.69, 9.17) is 0 Å². The molecule has 0 saturated heterocycles. The molecule has 12 atom stereocenters. The van der Waals surface area contributed by atoms with E-state index in [1.807, 2.05) is 0 Å². The van der Waals surface area contributed by atoms with Gasteiger partial charge in [0.2, 0.25) is 0 Å². The van der Waals surface area contributed by atoms with Crippen LogP contribution in [0.4, 0.5) is 0 Å². The second-order valence-electron chi connectivity index (χ2n) is 32.1. The summed E-state index contributed by atoms with van der Waals surface area (Å²) in [4.78, 5) is 13.9. The van der Waals surface area contributed by atoms with E-state index in [2.05, 4.69) is 19.6 Å². The number of fused-ring (bicyclic) bond motifs is 10. The first-order valence-electron chi connectivity index (χ1n) is 37.3. The minimum absolute atomic E-state index is 0.588. The molecule has 0 amide bonds. The van der Waals surface area contributed by atoms with Crippen LogP contribution in [0.5, 0.6) is 0 Å². The molecular weight excluding hydrogens is 933 g/mol. The predicted octanol–water partition coefficient (Wildman–Crippen LogP) is 19.0. The van der Waals surface area contributed by atoms with Crippen LogP contribution in [-0.4, -0.2) is 92.1 Å². The lowest BCUT2D eigenvalue weighted by Gasteiger charge is -2.58. The molecule has 0 N–H and O–H groups in total. The molecule has 4 nitrogen and oxygen atoms in total. The maximum absolute atomic E-state index is 3.49. The zero-order chi connectivity index (χ0) is 51.1. The van der Waals surface area contributed by atoms with Crippen molar-refractivity contribution in [2.45, 2.75) is 406 Å². The average Bonchev–Trinajstić information content (AvgIpc) is 4.19. The van der Waals surface area contributed by atoms with Crippen LogP contribution in [0, 0.1) is 52.8 Å². The first-order chi connectivity index (χ1) is 38.2. The van der Waals surface area contributed by atoms with Gasteiger partial charge >= 0.3 is 0 Å². The van der Waals surface area contributed by atoms with Crippen LogP contribution in [0.1, 0.15) is 334 Å². The van der Waals surface area contributed by atoms with Crippen LogP contribution < -0.4 is 0 Å². The zero-order valence-electron chi connectivity index (χ0n) is 50.6. The van der Waals surface area contributed by atoms with E-state index in [0.717, 1.165) is 120 Å². The second kappa shape index (κ2) is 25.2. The van der Waals surface area contributed by atoms with E-state index < -0.39 is 0 Å². The van der Waals surface area contributed by atoms with Gasteiger partial charge in [-0.05, 0) is 233 Å². The highest BCUT2D eigenvalue weighted by atomic mass is 15.3. The summed E-state index contributed by atoms with van der Waals surface area (Å²) < 4.78 is 0. The van der Waals surface area contributed by atoms with Gasteiger partial charge in [-0.1, -0.05) is 154 Å². The van der Waals surface area contributed by atoms with Crippen molar-refractivity contribution in [3.05, 3.63) is 0 Å². The van der Waals surface area contributed by atoms with Crippen molar-refractivity contribution in [2.24, 2.45) is 52.8 Å². The summed E-state index contributed by atoms with van der Waals surface area (Å²) in [6.07, 6.45) is 80.4. The molecule has 0 heterocycles. The van der Waals surface area contributed by atoms with Crippen LogP contribution in [0.2, 0.25) is 0 Å². The molecule has 14 rings (SSSR count). The second-order valence-corrected chi connectivity index (χ2v) is 32.1. The van der Waals surface area contributed by atoms with Crippen LogP contribution in [0.25, 0.3) is 0 Å². The summed E-state index contributed by atoms with van der Waals surface area (Å²) in [6, 6.07) is 10.7. The minimum atomic E-state index is 0.588. The molecule has 1 spiro atoms. The van der Waals surface area contributed by atoms with Crippen molar-refractivity contribution >= 4 is 0 Å². The van der Waals surface area contributed by atoms with Crippen molar-refractivity contribution in [1.82, 2.24) is 19.6 Å². The van der Waals surface area contributed by atoms with E-state index in [1.54, 1.807) is 77.0 Å². The lowest BCUT2D eigenvalue weighted by molar-refractivity contribution is -0.0951. The van der Waals surface area contributed by atoms with Crippen molar-refractivity contribution < 1.29 is 0 Å². The van der Waals surface area contributed by atoms with Crippen molar-refractivity contribution in [2.75, 3.05) is 0 Å². The van der Waals surface area contributed by atoms with Gasteiger partial charge in [-0.3, -0.25) is 19.6 Å². The first-order valence-corrected chi connectivity index (χ1v) is 37.3. The quantitative estimate of drug-likeness (QED) is 0.193. The molecule has 0 radical (unpaired) electrons. The van der Waals surface area contributed by atoms with Crippen molar-refractivity contribution in [1.29, 1.82) is 0 Å². The van der Waals surface area contributed by atoms with Gasteiger partial charge in [0.25, 0.3) is 0 Å². The van der Waals surface area contributed by atoms with Gasteiger partial charge in [0.15, 0.2) is 0 Å². The fraction of sp³-hybridized carbons (Fsp3) is 1.00. The van der Waals surface area contributed by atoms with E-state index in [1.165, 1.54) is 257 Å². The number of hydrogen-bond donors (Lipinski definition) is 0. The van der Waals surface area contributed by atoms with Crippen LogP contribution >= 0.6 is 0 Å². The third-order valence-electron chi connectivity index (χ3n) is 28.8. The topological polar surface area (TPSA) is 13.0 Å². The number of nitrogens with zero attached hydrogens (tertiary/aromatic N) is 4. The van der Waals surface area contributed by atoms with Crippen LogP contribution in [0.3, 0.4) is 0 Å². The summed E-state index contributed by atoms with van der Waals surface area (Å²) in [5.74, 6) is 8.20. The molecule has 436 valence electrons. The summed E-state index contributed by atoms with van der Waals surface area (Å²) in [5, 5.41) is 0. The fourth-order valence-corrected chi connectivity index (χ4v) is 26.4. The summed E-state index contributed by atoms with van der Waals surface area (Å²) in [7, 11) is 0. The van der Waals surface area contributed by atoms with Crippen molar-refractivity contribution in [3.8, 4) is 0 Å². The number of hydrogen-bond acceptors (Lipinski definition) is 4. The van der Waals surface area contributed by atoms with Gasteiger partial charge < -0.3 is 0 Å². The maximum Gasteiger partial charge on any atom is 0.0104 e. The lowest BCUT2D eigenvalue weighted by atomic mass is 9.51. The Balaban J connectivity index is 0.897. The maximum atomic E-state index is 3.49. The SMILES string of the molecule is C1CCC(N(C2CCCCC2)C2CCC3C4CCC(N(C5CCCCC5)C5CCCCC5)CC4C4(C3C2)C2CC(N(C3CCCCC3)C3CCCCC3)CCC2C2CCC(N(C3CCCCC3)C3CCCCC3)CC24)CC1. The molecule has 0 aromatic rings. The zero-order valence-corrected chi connectivity index (χ0v) is 50.6. The molecule has 0 aromatic heterocycles. The molecule has 0 bridgehead atoms. The Morgan fingerprint density at radius 1 is 0.156 bits per heavy atom. The van der Waals surface area contributed by atoms with Gasteiger partial charge in [0, 0.05) is 72.5 Å². The Morgan fingerprint density at radius 2 is 0.312 bits per heavy atom. The highest BCUT2D eigenvalue weighted by molar-refractivity contribution is 5.23. The highest BCUT2D eigenvalue weighted by Crippen LogP contribution is 2.78. The molecule has 77 heavy (non-hydrogen) atoms. The van der Waals surface area contributed by atoms with E-state index in [-0.39, 0.29) is 0 Å². The smallest absolute Gasteiger partial charge is 0.0104 e. The van der Waals surface area contributed by atoms with Gasteiger partial charge in [-0.2, -0.15) is 0 Å². The Bertz CT molecular complexity index is 1460. The Labute approximate surface area is 476 Å². The molecule has 0 aliphatic heterocycles. The summed E-state index contributed by atoms with van der Waals surface area (Å²) in [5.41, 5.74) is 0.588. The average molecular weight is 1060 g/mol. The monoisotopic (exact) mass is 1060 g/mol. The fourth-order valence-electron chi connectivity index (χ4n) is 26.4. The molecule has 14 aliphatic carbocycles. The van der Waals surface area contributed by atoms with E-state index >= 15 is 0 Å². The highest BCUT2D eigenvalue weighted by Gasteiger charge is 2.74. The lowest BCUT2D eigenvalue weighted by Crippen LogP contribution is -2.58. The third kappa shape index (κ3) is 10.8. The van der Waals surface area contributed by atoms with Gasteiger partial charge in [-0.15, -0.1) is 0 Å². The molecule has 14 saturated carbocycles. The molecule has 14 fully saturated rings. The number of rotatable bonds is 12. The molecule has 12 unspecified atom stereocenters.